The van der Waals surface area contributed by atoms with E-state index in [-0.39, 0.29) is 17.1 Å². The van der Waals surface area contributed by atoms with Crippen LogP contribution in [0.15, 0.2) is 53.4 Å². The van der Waals surface area contributed by atoms with Crippen molar-refractivity contribution in [2.45, 2.75) is 37.6 Å². The number of benzene rings is 2. The predicted octanol–water partition coefficient (Wildman–Crippen LogP) is 4.47. The molecule has 0 aliphatic rings. The van der Waals surface area contributed by atoms with Gasteiger partial charge in [-0.15, -0.1) is 0 Å². The Morgan fingerprint density at radius 2 is 1.91 bits per heavy atom. The smallest absolute Gasteiger partial charge is 0.416 e. The minimum Gasteiger partial charge on any atom is -0.454 e. The van der Waals surface area contributed by atoms with Crippen LogP contribution in [-0.2, 0) is 38.9 Å². The van der Waals surface area contributed by atoms with E-state index in [1.54, 1.807) is 6.07 Å². The van der Waals surface area contributed by atoms with E-state index in [1.807, 2.05) is 11.5 Å². The van der Waals surface area contributed by atoms with Gasteiger partial charge in [-0.1, -0.05) is 19.1 Å². The summed E-state index contributed by atoms with van der Waals surface area (Å²) in [4.78, 5) is 16.7. The van der Waals surface area contributed by atoms with Crippen LogP contribution in [-0.4, -0.2) is 42.3 Å². The Bertz CT molecular complexity index is 1330. The Labute approximate surface area is 195 Å². The van der Waals surface area contributed by atoms with Crippen molar-refractivity contribution in [3.8, 4) is 0 Å². The second kappa shape index (κ2) is 9.98. The van der Waals surface area contributed by atoms with Crippen LogP contribution in [0.1, 0.15) is 30.3 Å². The molecule has 0 aliphatic carbocycles. The van der Waals surface area contributed by atoms with E-state index in [4.69, 9.17) is 4.74 Å². The molecule has 0 N–H and O–H groups in total. The molecule has 0 radical (unpaired) electrons. The zero-order valence-electron chi connectivity index (χ0n) is 18.8. The van der Waals surface area contributed by atoms with E-state index in [2.05, 4.69) is 4.98 Å². The van der Waals surface area contributed by atoms with Gasteiger partial charge in [0, 0.05) is 26.7 Å². The summed E-state index contributed by atoms with van der Waals surface area (Å²) in [6.45, 7) is 2.35. The van der Waals surface area contributed by atoms with Crippen LogP contribution in [0.2, 0.25) is 0 Å². The molecule has 182 valence electrons. The highest BCUT2D eigenvalue weighted by Gasteiger charge is 2.30. The first-order valence-corrected chi connectivity index (χ1v) is 11.8. The summed E-state index contributed by atoms with van der Waals surface area (Å²) in [6.07, 6.45) is -1.43. The van der Waals surface area contributed by atoms with Gasteiger partial charge in [-0.3, -0.25) is 0 Å². The molecule has 7 nitrogen and oxygen atoms in total. The third-order valence-corrected chi connectivity index (χ3v) is 6.80. The lowest BCUT2D eigenvalue weighted by Crippen LogP contribution is -2.22. The van der Waals surface area contributed by atoms with E-state index in [0.717, 1.165) is 28.9 Å². The van der Waals surface area contributed by atoms with Crippen molar-refractivity contribution in [2.24, 2.45) is 0 Å². The number of esters is 1. The highest BCUT2D eigenvalue weighted by molar-refractivity contribution is 7.89. The van der Waals surface area contributed by atoms with Crippen molar-refractivity contribution < 1.29 is 31.1 Å². The lowest BCUT2D eigenvalue weighted by Gasteiger charge is -2.11. The average Bonchev–Trinajstić information content (AvgIpc) is 3.12. The highest BCUT2D eigenvalue weighted by Crippen LogP contribution is 2.29. The standard InChI is InChI=1S/C23H24F3N3O4S/c1-4-12-29-20-10-9-18(34(31,32)28(2)3)14-19(20)27-21(29)15-33-22(30)11-8-16-6-5-7-17(13-16)23(24,25)26/h5-11,13-14H,4,12,15H2,1-3H3/b11-8+. The first-order chi connectivity index (χ1) is 15.9. The molecule has 0 saturated carbocycles. The SMILES string of the molecule is CCCn1c(COC(=O)/C=C/c2cccc(C(F)(F)F)c2)nc2cc(S(=O)(=O)N(C)C)ccc21. The van der Waals surface area contributed by atoms with Crippen molar-refractivity contribution in [1.29, 1.82) is 0 Å². The zero-order chi connectivity index (χ0) is 25.1. The summed E-state index contributed by atoms with van der Waals surface area (Å²) in [5.41, 5.74) is 0.540. The summed E-state index contributed by atoms with van der Waals surface area (Å²) in [5, 5.41) is 0. The lowest BCUT2D eigenvalue weighted by atomic mass is 10.1. The summed E-state index contributed by atoms with van der Waals surface area (Å²) in [5.74, 6) is -0.319. The van der Waals surface area contributed by atoms with Crippen LogP contribution in [0.4, 0.5) is 13.2 Å². The van der Waals surface area contributed by atoms with E-state index in [9.17, 15) is 26.4 Å². The highest BCUT2D eigenvalue weighted by atomic mass is 32.2. The average molecular weight is 496 g/mol. The molecule has 3 rings (SSSR count). The predicted molar refractivity (Wildman–Crippen MR) is 121 cm³/mol. The molecular weight excluding hydrogens is 471 g/mol. The third-order valence-electron chi connectivity index (χ3n) is 4.99. The maximum atomic E-state index is 12.8. The second-order valence-electron chi connectivity index (χ2n) is 7.68. The molecule has 0 atom stereocenters. The molecule has 0 saturated heterocycles. The Balaban J connectivity index is 1.79. The number of fused-ring (bicyclic) bond motifs is 1. The maximum Gasteiger partial charge on any atom is 0.416 e. The first kappa shape index (κ1) is 25.4. The Morgan fingerprint density at radius 1 is 1.18 bits per heavy atom. The number of nitrogens with zero attached hydrogens (tertiary/aromatic N) is 3. The molecule has 0 aliphatic heterocycles. The number of aryl methyl sites for hydroxylation is 1. The van der Waals surface area contributed by atoms with Gasteiger partial charge in [0.25, 0.3) is 0 Å². The molecule has 0 fully saturated rings. The largest absolute Gasteiger partial charge is 0.454 e. The van der Waals surface area contributed by atoms with Crippen molar-refractivity contribution >= 4 is 33.1 Å². The number of carbonyl (C=O) groups is 1. The van der Waals surface area contributed by atoms with Crippen molar-refractivity contribution in [3.63, 3.8) is 0 Å². The van der Waals surface area contributed by atoms with E-state index >= 15 is 0 Å². The fourth-order valence-corrected chi connectivity index (χ4v) is 4.20. The van der Waals surface area contributed by atoms with Crippen molar-refractivity contribution in [1.82, 2.24) is 13.9 Å². The lowest BCUT2D eigenvalue weighted by molar-refractivity contribution is -0.139. The van der Waals surface area contributed by atoms with Crippen molar-refractivity contribution in [2.75, 3.05) is 14.1 Å². The zero-order valence-corrected chi connectivity index (χ0v) is 19.7. The van der Waals surface area contributed by atoms with Crippen LogP contribution in [0.5, 0.6) is 0 Å². The summed E-state index contributed by atoms with van der Waals surface area (Å²) >= 11 is 0. The fraction of sp³-hybridized carbons (Fsp3) is 0.304. The molecular formula is C23H24F3N3O4S. The number of rotatable bonds is 8. The molecule has 34 heavy (non-hydrogen) atoms. The number of hydrogen-bond donors (Lipinski definition) is 0. The third kappa shape index (κ3) is 5.65. The number of sulfonamides is 1. The fourth-order valence-electron chi connectivity index (χ4n) is 3.28. The van der Waals surface area contributed by atoms with Crippen LogP contribution < -0.4 is 0 Å². The van der Waals surface area contributed by atoms with E-state index in [0.29, 0.717) is 23.4 Å². The Morgan fingerprint density at radius 3 is 2.56 bits per heavy atom. The van der Waals surface area contributed by atoms with Gasteiger partial charge in [0.15, 0.2) is 0 Å². The molecule has 11 heteroatoms. The van der Waals surface area contributed by atoms with Gasteiger partial charge in [-0.25, -0.2) is 22.5 Å². The molecule has 0 unspecified atom stereocenters. The number of ether oxygens (including phenoxy) is 1. The van der Waals surface area contributed by atoms with Crippen LogP contribution in [0, 0.1) is 0 Å². The number of aromatic nitrogens is 2. The number of carbonyl (C=O) groups excluding carboxylic acids is 1. The summed E-state index contributed by atoms with van der Waals surface area (Å²) in [7, 11) is -0.762. The molecule has 0 bridgehead atoms. The molecule has 0 amide bonds. The number of imidazole rings is 1. The van der Waals surface area contributed by atoms with Crippen LogP contribution >= 0.6 is 0 Å². The van der Waals surface area contributed by atoms with Gasteiger partial charge < -0.3 is 9.30 Å². The molecule has 3 aromatic rings. The molecule has 1 heterocycles. The van der Waals surface area contributed by atoms with Gasteiger partial charge in [-0.2, -0.15) is 13.2 Å². The molecule has 1 aromatic heterocycles. The topological polar surface area (TPSA) is 81.5 Å². The number of alkyl halides is 3. The molecule has 0 spiro atoms. The van der Waals surface area contributed by atoms with Gasteiger partial charge in [0.2, 0.25) is 10.0 Å². The van der Waals surface area contributed by atoms with E-state index < -0.39 is 27.7 Å². The van der Waals surface area contributed by atoms with Gasteiger partial charge in [0.1, 0.15) is 12.4 Å². The number of halogens is 3. The van der Waals surface area contributed by atoms with Gasteiger partial charge in [0.05, 0.1) is 21.5 Å². The summed E-state index contributed by atoms with van der Waals surface area (Å²) in [6, 6.07) is 9.21. The first-order valence-electron chi connectivity index (χ1n) is 10.4. The Kier molecular flexibility index (Phi) is 7.47. The van der Waals surface area contributed by atoms with Crippen molar-refractivity contribution in [3.05, 3.63) is 65.5 Å². The minimum absolute atomic E-state index is 0.0960. The van der Waals surface area contributed by atoms with Gasteiger partial charge >= 0.3 is 12.1 Å². The number of hydrogen-bond acceptors (Lipinski definition) is 5. The van der Waals surface area contributed by atoms with E-state index in [1.165, 1.54) is 44.4 Å². The molecule has 2 aromatic carbocycles. The maximum absolute atomic E-state index is 12.8. The quantitative estimate of drug-likeness (QED) is 0.340. The normalized spacial score (nSPS) is 12.7. The van der Waals surface area contributed by atoms with Gasteiger partial charge in [-0.05, 0) is 48.4 Å². The Hall–Kier alpha value is -3.18. The van der Waals surface area contributed by atoms with Crippen LogP contribution in [0.25, 0.3) is 17.1 Å². The monoisotopic (exact) mass is 495 g/mol. The summed E-state index contributed by atoms with van der Waals surface area (Å²) < 4.78 is 71.5. The minimum atomic E-state index is -4.48. The van der Waals surface area contributed by atoms with Crippen LogP contribution in [0.3, 0.4) is 0 Å². The second-order valence-corrected chi connectivity index (χ2v) is 9.83.